The quantitative estimate of drug-likeness (QED) is 0.101. The lowest BCUT2D eigenvalue weighted by Crippen LogP contribution is -2.27. The van der Waals surface area contributed by atoms with Crippen molar-refractivity contribution in [2.75, 3.05) is 6.61 Å². The van der Waals surface area contributed by atoms with Crippen molar-refractivity contribution in [3.63, 3.8) is 0 Å². The maximum atomic E-state index is 16.4. The van der Waals surface area contributed by atoms with Crippen LogP contribution in [-0.4, -0.2) is 12.6 Å². The lowest BCUT2D eigenvalue weighted by Gasteiger charge is -2.32. The molecule has 0 aromatic heterocycles. The van der Waals surface area contributed by atoms with Crippen molar-refractivity contribution in [3.05, 3.63) is 34.9 Å². The second-order valence-corrected chi connectivity index (χ2v) is 25.0. The third kappa shape index (κ3) is 1.20. The molecule has 33 rings (SSSR count). The number of hydrogen-bond donors (Lipinski definition) is 0. The number of carbonyl (C=O) groups is 1. The molecule has 2 nitrogen and oxygen atoms in total. The lowest BCUT2D eigenvalue weighted by molar-refractivity contribution is -0.148. The number of hydrogen-bond acceptors (Lipinski definition) is 2. The van der Waals surface area contributed by atoms with Gasteiger partial charge in [-0.15, -0.1) is 6.58 Å². The highest BCUT2D eigenvalue weighted by atomic mass is 16.5. The Labute approximate surface area is 369 Å². The average Bonchev–Trinajstić information content (AvgIpc) is 4.26. The van der Waals surface area contributed by atoms with Gasteiger partial charge in [0.2, 0.25) is 0 Å². The molecule has 0 bridgehead atoms. The van der Waals surface area contributed by atoms with Crippen LogP contribution in [0.4, 0.5) is 0 Å². The first-order valence-corrected chi connectivity index (χ1v) is 25.4. The highest BCUT2D eigenvalue weighted by Gasteiger charge is 2.97. The number of carbonyl (C=O) groups excluding carboxylic acids is 1. The second kappa shape index (κ2) is 5.42. The van der Waals surface area contributed by atoms with Crippen LogP contribution < -0.4 is 0 Å². The van der Waals surface area contributed by atoms with Crippen molar-refractivity contribution in [1.82, 2.24) is 0 Å². The van der Waals surface area contributed by atoms with E-state index in [1.165, 1.54) is 65.3 Å². The Balaban J connectivity index is 1.23. The summed E-state index contributed by atoms with van der Waals surface area (Å²) in [7, 11) is 0. The highest BCUT2D eigenvalue weighted by molar-refractivity contribution is 6.82. The number of rotatable bonds is 3. The van der Waals surface area contributed by atoms with Gasteiger partial charge >= 0.3 is 5.97 Å². The summed E-state index contributed by atoms with van der Waals surface area (Å²) in [5.74, 6) is -0.0509. The fourth-order valence-corrected chi connectivity index (χ4v) is 25.6. The highest BCUT2D eigenvalue weighted by Crippen LogP contribution is 2.96. The predicted molar refractivity (Wildman–Crippen MR) is 283 cm³/mol. The summed E-state index contributed by atoms with van der Waals surface area (Å²) in [6, 6.07) is 0. The van der Waals surface area contributed by atoms with Crippen LogP contribution in [0.15, 0.2) is 12.7 Å². The fourth-order valence-electron chi connectivity index (χ4n) is 25.6. The van der Waals surface area contributed by atoms with Gasteiger partial charge < -0.3 is 4.74 Å². The van der Waals surface area contributed by atoms with Crippen LogP contribution >= 0.6 is 0 Å². The summed E-state index contributed by atoms with van der Waals surface area (Å²) in [6.07, 6.45) is 2.20. The van der Waals surface area contributed by atoms with Gasteiger partial charge in [-0.25, -0.2) is 0 Å². The summed E-state index contributed by atoms with van der Waals surface area (Å²) in [5.41, 5.74) is 3.70. The van der Waals surface area contributed by atoms with Gasteiger partial charge in [0.15, 0.2) is 0 Å². The largest absolute Gasteiger partial charge is 0.465 e. The van der Waals surface area contributed by atoms with Crippen LogP contribution in [0.5, 0.6) is 0 Å². The van der Waals surface area contributed by atoms with E-state index >= 15 is 4.79 Å². The zero-order valence-electron chi connectivity index (χ0n) is 34.8. The normalized spacial score (nSPS) is 24.6. The maximum Gasteiger partial charge on any atom is 0.318 e. The van der Waals surface area contributed by atoms with E-state index in [1.54, 1.807) is 248 Å². The maximum absolute atomic E-state index is 16.4. The molecule has 28 aromatic rings. The molecular weight excluding hydrogens is 825 g/mol. The molecule has 68 heavy (non-hydrogen) atoms. The SMILES string of the molecule is C=CC1(C(=O)OCC)C23c4c5c6c7c8c9c(c%10c%11c2c2c4c4c%12c5c5c6c6c8c8c%13c9c9c%10c%10c%11c%11c2c2c4c4c%12c%12c5c5c6c8c6c8c%13c9c9c%10c%10c%11c2c2c4c4c%12c5c6c5c8c9c%10c2c45)C713. The van der Waals surface area contributed by atoms with Crippen molar-refractivity contribution >= 4 is 297 Å². The number of esters is 1. The van der Waals surface area contributed by atoms with Crippen LogP contribution in [0.25, 0.3) is 291 Å². The number of benzene rings is 18. The molecule has 0 saturated heterocycles. The van der Waals surface area contributed by atoms with E-state index in [2.05, 4.69) is 6.08 Å². The fraction of sp³-hybridized carbons (Fsp3) is 0.0758. The van der Waals surface area contributed by atoms with Gasteiger partial charge in [0, 0.05) is 0 Å². The molecule has 2 spiro atoms. The smallest absolute Gasteiger partial charge is 0.318 e. The van der Waals surface area contributed by atoms with Gasteiger partial charge in [-0.2, -0.15) is 0 Å². The van der Waals surface area contributed by atoms with Crippen LogP contribution in [0.2, 0.25) is 0 Å². The van der Waals surface area contributed by atoms with Gasteiger partial charge in [0.05, 0.1) is 17.4 Å². The Morgan fingerprint density at radius 2 is 0.426 bits per heavy atom. The van der Waals surface area contributed by atoms with E-state index in [1.807, 2.05) is 6.92 Å². The van der Waals surface area contributed by atoms with E-state index in [0.29, 0.717) is 6.61 Å². The van der Waals surface area contributed by atoms with Gasteiger partial charge in [0.1, 0.15) is 5.41 Å². The third-order valence-corrected chi connectivity index (χ3v) is 25.3. The Morgan fingerprint density at radius 3 is 0.544 bits per heavy atom. The second-order valence-electron chi connectivity index (χ2n) is 25.0. The third-order valence-electron chi connectivity index (χ3n) is 25.3. The van der Waals surface area contributed by atoms with Crippen LogP contribution in [0.1, 0.15) is 29.2 Å². The molecule has 28 aromatic carbocycles. The van der Waals surface area contributed by atoms with Gasteiger partial charge in [-0.3, -0.25) is 4.79 Å². The van der Waals surface area contributed by atoms with Crippen molar-refractivity contribution in [1.29, 1.82) is 0 Å². The first-order chi connectivity index (χ1) is 33.8. The summed E-state index contributed by atoms with van der Waals surface area (Å²) in [4.78, 5) is 16.4. The van der Waals surface area contributed by atoms with E-state index in [0.717, 1.165) is 0 Å². The van der Waals surface area contributed by atoms with E-state index in [-0.39, 0.29) is 5.97 Å². The molecule has 1 saturated carbocycles. The van der Waals surface area contributed by atoms with Gasteiger partial charge in [-0.05, 0) is 320 Å². The van der Waals surface area contributed by atoms with Crippen molar-refractivity contribution in [3.8, 4) is 0 Å². The summed E-state index contributed by atoms with van der Waals surface area (Å²) in [5, 5.41) is 84.9. The minimum absolute atomic E-state index is 0.0509. The molecule has 284 valence electrons. The van der Waals surface area contributed by atoms with Crippen molar-refractivity contribution in [2.24, 2.45) is 5.41 Å². The lowest BCUT2D eigenvalue weighted by atomic mass is 9.68. The van der Waals surface area contributed by atoms with Crippen LogP contribution in [-0.2, 0) is 20.4 Å². The summed E-state index contributed by atoms with van der Waals surface area (Å²) in [6.45, 7) is 7.33. The monoisotopic (exact) mass is 832 g/mol. The van der Waals surface area contributed by atoms with Crippen molar-refractivity contribution in [2.45, 2.75) is 17.8 Å². The van der Waals surface area contributed by atoms with Crippen LogP contribution in [0.3, 0.4) is 0 Å². The Bertz CT molecular complexity index is 6630. The van der Waals surface area contributed by atoms with E-state index < -0.39 is 16.2 Å². The standard InChI is InChI=1S/C66H8O2/c1-3-64(63(67)68-4-2)65-59-51-43-33-23-15-7-5-6-9-13-11(7)19-27-21(13)31-25-17(9)18-10(6)14-12-8(5)16(15)24-30-20(12)28-22(14)32-26(18)36-35(25)45-39(31)49-41(27)47(37(43)29(19)23)55(59)57(49)61-53(45)54-46(36)40(32)50-42(28)48-38(30)44(34(24)33)52(51)60(65)56(48)58(50)62(54)66(61,64)65/h3H,1,4H2,2H3. The zero-order chi connectivity index (χ0) is 40.7. The zero-order valence-corrected chi connectivity index (χ0v) is 34.8. The van der Waals surface area contributed by atoms with Gasteiger partial charge in [0.25, 0.3) is 0 Å². The minimum atomic E-state index is -1.000. The molecule has 2 heteroatoms. The van der Waals surface area contributed by atoms with E-state index in [9.17, 15) is 0 Å². The molecule has 1 fully saturated rings. The Morgan fingerprint density at radius 1 is 0.294 bits per heavy atom. The molecule has 5 aliphatic carbocycles. The molecule has 0 aliphatic heterocycles. The first kappa shape index (κ1) is 25.0. The molecule has 0 unspecified atom stereocenters. The molecule has 0 N–H and O–H groups in total. The molecule has 0 amide bonds. The predicted octanol–water partition coefficient (Wildman–Crippen LogP) is 17.0. The minimum Gasteiger partial charge on any atom is -0.465 e. The Kier molecular flexibility index (Phi) is 1.99. The topological polar surface area (TPSA) is 26.3 Å². The van der Waals surface area contributed by atoms with Gasteiger partial charge in [-0.1, -0.05) is 6.08 Å². The molecular formula is C66H8O2. The van der Waals surface area contributed by atoms with Crippen LogP contribution in [0, 0.1) is 5.41 Å². The first-order valence-electron chi connectivity index (χ1n) is 25.4. The Hall–Kier alpha value is -8.33. The molecule has 0 atom stereocenters. The molecule has 5 aliphatic rings. The number of ether oxygens (including phenoxy) is 1. The molecule has 0 radical (unpaired) electrons. The molecule has 0 heterocycles. The average molecular weight is 833 g/mol. The van der Waals surface area contributed by atoms with E-state index in [4.69, 9.17) is 11.3 Å². The van der Waals surface area contributed by atoms with Crippen molar-refractivity contribution < 1.29 is 9.53 Å². The summed E-state index contributed by atoms with van der Waals surface area (Å²) < 4.78 is 6.69. The summed E-state index contributed by atoms with van der Waals surface area (Å²) >= 11 is 0.